The number of piperidine rings is 1. The molecular formula is C20H25N3O2. The van der Waals surface area contributed by atoms with Gasteiger partial charge in [-0.25, -0.2) is 4.98 Å². The van der Waals surface area contributed by atoms with Gasteiger partial charge in [-0.1, -0.05) is 37.3 Å². The first-order chi connectivity index (χ1) is 12.1. The summed E-state index contributed by atoms with van der Waals surface area (Å²) in [5.74, 6) is 0.570. The van der Waals surface area contributed by atoms with Crippen LogP contribution in [0.1, 0.15) is 38.8 Å². The lowest BCUT2D eigenvalue weighted by molar-refractivity contribution is -0.135. The summed E-state index contributed by atoms with van der Waals surface area (Å²) in [7, 11) is 0. The van der Waals surface area contributed by atoms with Crippen LogP contribution in [0, 0.1) is 0 Å². The molecule has 132 valence electrons. The highest BCUT2D eigenvalue weighted by atomic mass is 16.2. The Kier molecular flexibility index (Phi) is 5.31. The van der Waals surface area contributed by atoms with E-state index < -0.39 is 0 Å². The van der Waals surface area contributed by atoms with Gasteiger partial charge in [-0.3, -0.25) is 14.2 Å². The molecule has 1 fully saturated rings. The zero-order chi connectivity index (χ0) is 17.8. The van der Waals surface area contributed by atoms with Gasteiger partial charge in [-0.2, -0.15) is 0 Å². The van der Waals surface area contributed by atoms with Crippen molar-refractivity contribution in [2.45, 2.75) is 52.1 Å². The Morgan fingerprint density at radius 2 is 2.00 bits per heavy atom. The second-order valence-electron chi connectivity index (χ2n) is 6.65. The fraction of sp³-hybridized carbons (Fsp3) is 0.450. The molecule has 1 amide bonds. The molecular weight excluding hydrogens is 314 g/mol. The van der Waals surface area contributed by atoms with Crippen LogP contribution < -0.4 is 5.56 Å². The maximum atomic E-state index is 12.8. The minimum absolute atomic E-state index is 0.00229. The minimum Gasteiger partial charge on any atom is -0.338 e. The fourth-order valence-electron chi connectivity index (χ4n) is 3.39. The van der Waals surface area contributed by atoms with E-state index in [1.165, 1.54) is 4.57 Å². The number of aryl methyl sites for hydroxylation is 1. The predicted molar refractivity (Wildman–Crippen MR) is 98.3 cm³/mol. The van der Waals surface area contributed by atoms with E-state index in [-0.39, 0.29) is 24.1 Å². The third-order valence-electron chi connectivity index (χ3n) is 4.87. The molecule has 1 aromatic carbocycles. The van der Waals surface area contributed by atoms with Crippen molar-refractivity contribution in [3.05, 3.63) is 52.4 Å². The summed E-state index contributed by atoms with van der Waals surface area (Å²) in [5.41, 5.74) is 1.44. The molecule has 0 aliphatic carbocycles. The molecule has 0 radical (unpaired) electrons. The normalized spacial score (nSPS) is 17.5. The summed E-state index contributed by atoms with van der Waals surface area (Å²) in [6.45, 7) is 4.87. The number of likely N-dealkylation sites (tertiary alicyclic amines) is 1. The Hall–Kier alpha value is -2.43. The van der Waals surface area contributed by atoms with Crippen molar-refractivity contribution in [2.75, 3.05) is 6.54 Å². The van der Waals surface area contributed by atoms with Gasteiger partial charge in [0.25, 0.3) is 5.56 Å². The van der Waals surface area contributed by atoms with Gasteiger partial charge in [0.1, 0.15) is 12.4 Å². The number of hydrogen-bond donors (Lipinski definition) is 0. The molecule has 5 nitrogen and oxygen atoms in total. The van der Waals surface area contributed by atoms with Crippen molar-refractivity contribution < 1.29 is 4.79 Å². The Labute approximate surface area is 148 Å². The van der Waals surface area contributed by atoms with Crippen molar-refractivity contribution in [2.24, 2.45) is 0 Å². The van der Waals surface area contributed by atoms with Gasteiger partial charge < -0.3 is 4.90 Å². The van der Waals surface area contributed by atoms with Crippen LogP contribution in [-0.2, 0) is 17.8 Å². The van der Waals surface area contributed by atoms with Crippen LogP contribution in [-0.4, -0.2) is 32.9 Å². The monoisotopic (exact) mass is 339 g/mol. The SMILES string of the molecule is CCc1cc(=O)n(CC(=O)N2CCCC[C@H]2C)c(-c2ccccc2)n1. The molecule has 2 aromatic rings. The molecule has 1 aliphatic heterocycles. The molecule has 0 spiro atoms. The third kappa shape index (κ3) is 3.81. The van der Waals surface area contributed by atoms with Crippen LogP contribution in [0.4, 0.5) is 0 Å². The van der Waals surface area contributed by atoms with Gasteiger partial charge in [0, 0.05) is 29.9 Å². The second-order valence-corrected chi connectivity index (χ2v) is 6.65. The molecule has 1 atom stereocenters. The summed E-state index contributed by atoms with van der Waals surface area (Å²) in [4.78, 5) is 32.0. The van der Waals surface area contributed by atoms with Crippen molar-refractivity contribution in [1.82, 2.24) is 14.5 Å². The van der Waals surface area contributed by atoms with E-state index in [0.29, 0.717) is 12.2 Å². The zero-order valence-electron chi connectivity index (χ0n) is 14.9. The quantitative estimate of drug-likeness (QED) is 0.861. The van der Waals surface area contributed by atoms with Crippen LogP contribution in [0.5, 0.6) is 0 Å². The van der Waals surface area contributed by atoms with Crippen LogP contribution in [0.15, 0.2) is 41.2 Å². The molecule has 1 aromatic heterocycles. The van der Waals surface area contributed by atoms with Gasteiger partial charge in [0.15, 0.2) is 0 Å². The highest BCUT2D eigenvalue weighted by molar-refractivity contribution is 5.77. The predicted octanol–water partition coefficient (Wildman–Crippen LogP) is 2.87. The Balaban J connectivity index is 1.97. The molecule has 0 saturated carbocycles. The number of hydrogen-bond acceptors (Lipinski definition) is 3. The van der Waals surface area contributed by atoms with Gasteiger partial charge in [-0.05, 0) is 32.6 Å². The molecule has 0 N–H and O–H groups in total. The van der Waals surface area contributed by atoms with Crippen LogP contribution in [0.3, 0.4) is 0 Å². The maximum Gasteiger partial charge on any atom is 0.254 e. The Morgan fingerprint density at radius 3 is 2.68 bits per heavy atom. The molecule has 1 aliphatic rings. The number of carbonyl (C=O) groups excluding carboxylic acids is 1. The zero-order valence-corrected chi connectivity index (χ0v) is 14.9. The van der Waals surface area contributed by atoms with E-state index in [1.807, 2.05) is 42.2 Å². The molecule has 5 heteroatoms. The van der Waals surface area contributed by atoms with E-state index in [4.69, 9.17) is 0 Å². The van der Waals surface area contributed by atoms with Gasteiger partial charge in [0.05, 0.1) is 0 Å². The second kappa shape index (κ2) is 7.64. The standard InChI is InChI=1S/C20H25N3O2/c1-3-17-13-18(24)23(20(21-17)16-10-5-4-6-11-16)14-19(25)22-12-8-7-9-15(22)2/h4-6,10-11,13,15H,3,7-9,12,14H2,1-2H3/t15-/m1/s1. The molecule has 3 rings (SSSR count). The van der Waals surface area contributed by atoms with Crippen LogP contribution in [0.25, 0.3) is 11.4 Å². The number of nitrogens with zero attached hydrogens (tertiary/aromatic N) is 3. The summed E-state index contributed by atoms with van der Waals surface area (Å²) in [6, 6.07) is 11.4. The van der Waals surface area contributed by atoms with E-state index in [1.54, 1.807) is 6.07 Å². The first-order valence-corrected chi connectivity index (χ1v) is 9.05. The minimum atomic E-state index is -0.163. The van der Waals surface area contributed by atoms with Crippen molar-refractivity contribution in [3.63, 3.8) is 0 Å². The lowest BCUT2D eigenvalue weighted by atomic mass is 10.0. The average molecular weight is 339 g/mol. The summed E-state index contributed by atoms with van der Waals surface area (Å²) < 4.78 is 1.51. The lowest BCUT2D eigenvalue weighted by Crippen LogP contribution is -2.45. The number of amides is 1. The van der Waals surface area contributed by atoms with Crippen molar-refractivity contribution >= 4 is 5.91 Å². The fourth-order valence-corrected chi connectivity index (χ4v) is 3.39. The molecule has 1 saturated heterocycles. The van der Waals surface area contributed by atoms with E-state index >= 15 is 0 Å². The lowest BCUT2D eigenvalue weighted by Gasteiger charge is -2.33. The highest BCUT2D eigenvalue weighted by Gasteiger charge is 2.24. The number of rotatable bonds is 4. The molecule has 2 heterocycles. The Bertz CT molecular complexity index is 798. The first-order valence-electron chi connectivity index (χ1n) is 9.05. The number of carbonyl (C=O) groups is 1. The maximum absolute atomic E-state index is 12.8. The molecule has 25 heavy (non-hydrogen) atoms. The Morgan fingerprint density at radius 1 is 1.24 bits per heavy atom. The summed E-state index contributed by atoms with van der Waals surface area (Å²) in [5, 5.41) is 0. The molecule has 0 unspecified atom stereocenters. The third-order valence-corrected chi connectivity index (χ3v) is 4.87. The summed E-state index contributed by atoms with van der Waals surface area (Å²) >= 11 is 0. The van der Waals surface area contributed by atoms with E-state index in [2.05, 4.69) is 11.9 Å². The van der Waals surface area contributed by atoms with Gasteiger partial charge >= 0.3 is 0 Å². The van der Waals surface area contributed by atoms with Crippen LogP contribution in [0.2, 0.25) is 0 Å². The number of benzene rings is 1. The average Bonchev–Trinajstić information content (AvgIpc) is 2.64. The number of aromatic nitrogens is 2. The van der Waals surface area contributed by atoms with Crippen LogP contribution >= 0.6 is 0 Å². The van der Waals surface area contributed by atoms with E-state index in [9.17, 15) is 9.59 Å². The summed E-state index contributed by atoms with van der Waals surface area (Å²) in [6.07, 6.45) is 3.91. The van der Waals surface area contributed by atoms with Crippen molar-refractivity contribution in [1.29, 1.82) is 0 Å². The smallest absolute Gasteiger partial charge is 0.254 e. The van der Waals surface area contributed by atoms with E-state index in [0.717, 1.165) is 37.1 Å². The van der Waals surface area contributed by atoms with Gasteiger partial charge in [0.2, 0.25) is 5.91 Å². The first kappa shape index (κ1) is 17.4. The largest absolute Gasteiger partial charge is 0.338 e. The highest BCUT2D eigenvalue weighted by Crippen LogP contribution is 2.19. The van der Waals surface area contributed by atoms with Crippen molar-refractivity contribution in [3.8, 4) is 11.4 Å². The topological polar surface area (TPSA) is 55.2 Å². The van der Waals surface area contributed by atoms with Gasteiger partial charge in [-0.15, -0.1) is 0 Å². The molecule has 0 bridgehead atoms.